The zero-order valence-corrected chi connectivity index (χ0v) is 15.0. The average molecular weight is 398 g/mol. The van der Waals surface area contributed by atoms with Crippen molar-refractivity contribution in [3.8, 4) is 5.75 Å². The van der Waals surface area contributed by atoms with Gasteiger partial charge in [0.2, 0.25) is 11.8 Å². The lowest BCUT2D eigenvalue weighted by Gasteiger charge is -2.24. The highest BCUT2D eigenvalue weighted by Crippen LogP contribution is 2.25. The number of nitrogens with one attached hydrogen (secondary N) is 1. The molecule has 27 heavy (non-hydrogen) atoms. The molecule has 0 radical (unpaired) electrons. The van der Waals surface area contributed by atoms with Crippen LogP contribution in [0.3, 0.4) is 0 Å². The number of hydrogen-bond acceptors (Lipinski definition) is 4. The summed E-state index contributed by atoms with van der Waals surface area (Å²) in [7, 11) is 0. The van der Waals surface area contributed by atoms with Gasteiger partial charge in [0.1, 0.15) is 11.8 Å². The van der Waals surface area contributed by atoms with Crippen LogP contribution in [0.1, 0.15) is 17.7 Å². The lowest BCUT2D eigenvalue weighted by molar-refractivity contribution is -0.274. The van der Waals surface area contributed by atoms with E-state index in [1.807, 2.05) is 17.5 Å². The number of carbonyl (C=O) groups excluding carboxylic acids is 2. The maximum absolute atomic E-state index is 12.5. The molecule has 0 bridgehead atoms. The molecule has 144 valence electrons. The van der Waals surface area contributed by atoms with Crippen LogP contribution in [0, 0.1) is 0 Å². The molecule has 9 heteroatoms. The normalized spacial score (nSPS) is 17.0. The molecular weight excluding hydrogens is 381 g/mol. The number of thiophene rings is 1. The third-order valence-corrected chi connectivity index (χ3v) is 5.01. The van der Waals surface area contributed by atoms with Crippen molar-refractivity contribution in [3.05, 3.63) is 46.7 Å². The summed E-state index contributed by atoms with van der Waals surface area (Å²) in [6.07, 6.45) is -3.23. The van der Waals surface area contributed by atoms with E-state index in [1.54, 1.807) is 4.90 Å². The maximum Gasteiger partial charge on any atom is 0.573 e. The van der Waals surface area contributed by atoms with Crippen LogP contribution >= 0.6 is 11.3 Å². The van der Waals surface area contributed by atoms with Crippen LogP contribution in [-0.4, -0.2) is 35.7 Å². The van der Waals surface area contributed by atoms with Crippen molar-refractivity contribution >= 4 is 28.8 Å². The van der Waals surface area contributed by atoms with Crippen molar-refractivity contribution in [3.63, 3.8) is 0 Å². The summed E-state index contributed by atoms with van der Waals surface area (Å²) < 4.78 is 40.3. The molecule has 2 heterocycles. The Morgan fingerprint density at radius 3 is 2.59 bits per heavy atom. The predicted octanol–water partition coefficient (Wildman–Crippen LogP) is 3.82. The number of anilines is 1. The van der Waals surface area contributed by atoms with E-state index in [2.05, 4.69) is 10.1 Å². The molecule has 1 saturated heterocycles. The maximum atomic E-state index is 12.5. The molecule has 2 aromatic rings. The number of halogens is 3. The quantitative estimate of drug-likeness (QED) is 0.833. The van der Waals surface area contributed by atoms with Crippen molar-refractivity contribution in [2.75, 3.05) is 11.9 Å². The molecule has 1 fully saturated rings. The molecule has 1 atom stereocenters. The Balaban J connectivity index is 1.60. The van der Waals surface area contributed by atoms with Gasteiger partial charge in [0, 0.05) is 17.1 Å². The minimum Gasteiger partial charge on any atom is -0.406 e. The van der Waals surface area contributed by atoms with E-state index in [4.69, 9.17) is 0 Å². The first kappa shape index (κ1) is 19.2. The molecule has 2 amide bonds. The Morgan fingerprint density at radius 2 is 1.96 bits per heavy atom. The fourth-order valence-electron chi connectivity index (χ4n) is 2.97. The lowest BCUT2D eigenvalue weighted by atomic mass is 10.2. The third kappa shape index (κ3) is 5.22. The molecule has 1 aliphatic rings. The van der Waals surface area contributed by atoms with E-state index < -0.39 is 12.4 Å². The van der Waals surface area contributed by atoms with Crippen LogP contribution < -0.4 is 10.1 Å². The number of ether oxygens (including phenoxy) is 1. The smallest absolute Gasteiger partial charge is 0.406 e. The van der Waals surface area contributed by atoms with Gasteiger partial charge in [-0.05, 0) is 48.6 Å². The molecular formula is C18H17F3N2O3S. The molecule has 1 aromatic heterocycles. The molecule has 5 nitrogen and oxygen atoms in total. The standard InChI is InChI=1S/C18H17F3N2O3S/c19-18(20,21)26-13-7-5-12(6-8-13)22-17(25)15-4-1-9-23(15)16(24)11-14-3-2-10-27-14/h2-3,5-8,10,15H,1,4,9,11H2,(H,22,25). The van der Waals surface area contributed by atoms with Crippen molar-refractivity contribution in [1.82, 2.24) is 4.90 Å². The first-order valence-corrected chi connectivity index (χ1v) is 9.18. The number of alkyl halides is 3. The molecule has 1 aromatic carbocycles. The van der Waals surface area contributed by atoms with Gasteiger partial charge in [-0.3, -0.25) is 9.59 Å². The summed E-state index contributed by atoms with van der Waals surface area (Å²) in [5.41, 5.74) is 0.340. The van der Waals surface area contributed by atoms with E-state index in [9.17, 15) is 22.8 Å². The van der Waals surface area contributed by atoms with Gasteiger partial charge in [-0.2, -0.15) is 0 Å². The second-order valence-electron chi connectivity index (χ2n) is 6.06. The van der Waals surface area contributed by atoms with E-state index >= 15 is 0 Å². The zero-order valence-electron chi connectivity index (χ0n) is 14.2. The molecule has 3 rings (SSSR count). The number of rotatable bonds is 5. The Bertz CT molecular complexity index is 791. The molecule has 1 aliphatic heterocycles. The Labute approximate surface area is 157 Å². The molecule has 0 aliphatic carbocycles. The number of carbonyl (C=O) groups is 2. The number of amides is 2. The molecule has 0 spiro atoms. The highest BCUT2D eigenvalue weighted by molar-refractivity contribution is 7.10. The van der Waals surface area contributed by atoms with Gasteiger partial charge in [-0.15, -0.1) is 24.5 Å². The largest absolute Gasteiger partial charge is 0.573 e. The summed E-state index contributed by atoms with van der Waals surface area (Å²) in [6.45, 7) is 0.515. The Kier molecular flexibility index (Phi) is 5.69. The van der Waals surface area contributed by atoms with Crippen LogP contribution in [-0.2, 0) is 16.0 Å². The second kappa shape index (κ2) is 7.99. The average Bonchev–Trinajstić information content (AvgIpc) is 3.26. The lowest BCUT2D eigenvalue weighted by Crippen LogP contribution is -2.43. The van der Waals surface area contributed by atoms with Gasteiger partial charge in [0.05, 0.1) is 6.42 Å². The number of likely N-dealkylation sites (tertiary alicyclic amines) is 1. The molecule has 1 unspecified atom stereocenters. The summed E-state index contributed by atoms with van der Waals surface area (Å²) in [6, 6.07) is 8.06. The monoisotopic (exact) mass is 398 g/mol. The predicted molar refractivity (Wildman–Crippen MR) is 94.5 cm³/mol. The van der Waals surface area contributed by atoms with Crippen molar-refractivity contribution < 1.29 is 27.5 Å². The third-order valence-electron chi connectivity index (χ3n) is 4.14. The highest BCUT2D eigenvalue weighted by atomic mass is 32.1. The summed E-state index contributed by atoms with van der Waals surface area (Å²) in [4.78, 5) is 27.5. The Hall–Kier alpha value is -2.55. The van der Waals surface area contributed by atoms with Gasteiger partial charge in [0.25, 0.3) is 0 Å². The van der Waals surface area contributed by atoms with Crippen LogP contribution in [0.2, 0.25) is 0 Å². The minimum atomic E-state index is -4.77. The van der Waals surface area contributed by atoms with E-state index in [-0.39, 0.29) is 24.0 Å². The number of benzene rings is 1. The minimum absolute atomic E-state index is 0.107. The SMILES string of the molecule is O=C(Nc1ccc(OC(F)(F)F)cc1)C1CCCN1C(=O)Cc1cccs1. The fourth-order valence-corrected chi connectivity index (χ4v) is 3.66. The first-order valence-electron chi connectivity index (χ1n) is 8.30. The molecule has 0 saturated carbocycles. The summed E-state index contributed by atoms with van der Waals surface area (Å²) in [5.74, 6) is -0.824. The second-order valence-corrected chi connectivity index (χ2v) is 7.09. The van der Waals surface area contributed by atoms with E-state index in [0.717, 1.165) is 23.4 Å². The van der Waals surface area contributed by atoms with Crippen LogP contribution in [0.25, 0.3) is 0 Å². The van der Waals surface area contributed by atoms with E-state index in [0.29, 0.717) is 18.7 Å². The Morgan fingerprint density at radius 1 is 1.22 bits per heavy atom. The van der Waals surface area contributed by atoms with Gasteiger partial charge >= 0.3 is 6.36 Å². The summed E-state index contributed by atoms with van der Waals surface area (Å²) >= 11 is 1.49. The van der Waals surface area contributed by atoms with Crippen molar-refractivity contribution in [2.24, 2.45) is 0 Å². The van der Waals surface area contributed by atoms with Gasteiger partial charge in [0.15, 0.2) is 0 Å². The highest BCUT2D eigenvalue weighted by Gasteiger charge is 2.34. The number of hydrogen-bond donors (Lipinski definition) is 1. The van der Waals surface area contributed by atoms with Gasteiger partial charge in [-0.1, -0.05) is 6.07 Å². The fraction of sp³-hybridized carbons (Fsp3) is 0.333. The van der Waals surface area contributed by atoms with Crippen LogP contribution in [0.15, 0.2) is 41.8 Å². The van der Waals surface area contributed by atoms with Crippen molar-refractivity contribution in [2.45, 2.75) is 31.7 Å². The van der Waals surface area contributed by atoms with Crippen molar-refractivity contribution in [1.29, 1.82) is 0 Å². The van der Waals surface area contributed by atoms with Crippen LogP contribution in [0.4, 0.5) is 18.9 Å². The van der Waals surface area contributed by atoms with Crippen LogP contribution in [0.5, 0.6) is 5.75 Å². The van der Waals surface area contributed by atoms with Gasteiger partial charge in [-0.25, -0.2) is 0 Å². The van der Waals surface area contributed by atoms with Gasteiger partial charge < -0.3 is 15.0 Å². The first-order chi connectivity index (χ1) is 12.8. The molecule has 1 N–H and O–H groups in total. The topological polar surface area (TPSA) is 58.6 Å². The number of nitrogens with zero attached hydrogens (tertiary/aromatic N) is 1. The van der Waals surface area contributed by atoms with E-state index in [1.165, 1.54) is 23.5 Å². The summed E-state index contributed by atoms with van der Waals surface area (Å²) in [5, 5.41) is 4.54. The zero-order chi connectivity index (χ0) is 19.4.